The maximum Gasteiger partial charge on any atom is 0.191 e. The third kappa shape index (κ3) is 8.77. The Bertz CT molecular complexity index is 474. The number of nitrogens with zero attached hydrogens (tertiary/aromatic N) is 2. The summed E-state index contributed by atoms with van der Waals surface area (Å²) < 4.78 is 5.90. The fourth-order valence-electron chi connectivity index (χ4n) is 2.20. The van der Waals surface area contributed by atoms with Crippen molar-refractivity contribution in [3.8, 4) is 5.75 Å². The Labute approximate surface area is 147 Å². The molecule has 24 heavy (non-hydrogen) atoms. The van der Waals surface area contributed by atoms with E-state index in [0.29, 0.717) is 13.2 Å². The number of unbranched alkanes of at least 4 members (excludes halogenated alkanes) is 2. The highest BCUT2D eigenvalue weighted by molar-refractivity contribution is 5.79. The van der Waals surface area contributed by atoms with Crippen molar-refractivity contribution >= 4 is 5.96 Å². The number of ether oxygens (including phenoxy) is 1. The van der Waals surface area contributed by atoms with Crippen molar-refractivity contribution < 1.29 is 4.74 Å². The van der Waals surface area contributed by atoms with Gasteiger partial charge in [0.1, 0.15) is 12.4 Å². The third-order valence-corrected chi connectivity index (χ3v) is 3.59. The van der Waals surface area contributed by atoms with Gasteiger partial charge in [-0.1, -0.05) is 38.0 Å². The van der Waals surface area contributed by atoms with E-state index in [2.05, 4.69) is 40.4 Å². The van der Waals surface area contributed by atoms with E-state index < -0.39 is 0 Å². The van der Waals surface area contributed by atoms with Gasteiger partial charge < -0.3 is 20.3 Å². The maximum absolute atomic E-state index is 5.90. The minimum absolute atomic E-state index is 0.612. The molecule has 0 radical (unpaired) electrons. The molecule has 136 valence electrons. The summed E-state index contributed by atoms with van der Waals surface area (Å²) in [5.74, 6) is 1.79. The molecule has 0 heterocycles. The van der Waals surface area contributed by atoms with Gasteiger partial charge in [-0.05, 0) is 33.5 Å². The number of guanidine groups is 1. The van der Waals surface area contributed by atoms with E-state index in [-0.39, 0.29) is 0 Å². The van der Waals surface area contributed by atoms with Gasteiger partial charge in [-0.15, -0.1) is 0 Å². The standard InChI is InChI=1S/C19H34N4O/c1-5-7-10-13-21-19(20-6-2)22-16-17-11-8-9-12-18(17)24-15-14-23(3)4/h8-9,11-12H,5-7,10,13-16H2,1-4H3,(H2,20,21,22). The SMILES string of the molecule is CCCCCNC(=NCc1ccccc1OCCN(C)C)NCC. The van der Waals surface area contributed by atoms with Crippen LogP contribution in [0.2, 0.25) is 0 Å². The van der Waals surface area contributed by atoms with Crippen molar-refractivity contribution in [2.45, 2.75) is 39.7 Å². The second-order valence-corrected chi connectivity index (χ2v) is 6.09. The molecule has 2 N–H and O–H groups in total. The summed E-state index contributed by atoms with van der Waals surface area (Å²) in [6, 6.07) is 8.13. The number of benzene rings is 1. The number of hydrogen-bond acceptors (Lipinski definition) is 3. The van der Waals surface area contributed by atoms with Gasteiger partial charge in [0.15, 0.2) is 5.96 Å². The monoisotopic (exact) mass is 334 g/mol. The molecule has 5 heteroatoms. The first kappa shape index (κ1) is 20.3. The molecule has 0 saturated carbocycles. The maximum atomic E-state index is 5.90. The van der Waals surface area contributed by atoms with Crippen LogP contribution in [0.3, 0.4) is 0 Å². The van der Waals surface area contributed by atoms with E-state index in [0.717, 1.165) is 36.9 Å². The zero-order chi connectivity index (χ0) is 17.6. The number of aliphatic imine (C=N–C) groups is 1. The molecule has 0 saturated heterocycles. The molecule has 0 fully saturated rings. The molecule has 1 aromatic rings. The number of likely N-dealkylation sites (N-methyl/N-ethyl adjacent to an activating group) is 1. The molecule has 0 amide bonds. The van der Waals surface area contributed by atoms with Crippen molar-refractivity contribution in [2.75, 3.05) is 40.3 Å². The minimum Gasteiger partial charge on any atom is -0.492 e. The molecule has 0 atom stereocenters. The highest BCUT2D eigenvalue weighted by Crippen LogP contribution is 2.18. The van der Waals surface area contributed by atoms with Gasteiger partial charge in [0.05, 0.1) is 6.54 Å². The first-order valence-electron chi connectivity index (χ1n) is 9.05. The van der Waals surface area contributed by atoms with Crippen LogP contribution in [0.1, 0.15) is 38.7 Å². The normalized spacial score (nSPS) is 11.6. The van der Waals surface area contributed by atoms with Gasteiger partial charge in [-0.3, -0.25) is 0 Å². The van der Waals surface area contributed by atoms with Crippen LogP contribution in [0.4, 0.5) is 0 Å². The molecule has 5 nitrogen and oxygen atoms in total. The summed E-state index contributed by atoms with van der Waals surface area (Å²) in [6.07, 6.45) is 3.65. The molecule has 0 aromatic heterocycles. The highest BCUT2D eigenvalue weighted by atomic mass is 16.5. The summed E-state index contributed by atoms with van der Waals surface area (Å²) in [4.78, 5) is 6.80. The van der Waals surface area contributed by atoms with Gasteiger partial charge in [0, 0.05) is 25.2 Å². The van der Waals surface area contributed by atoms with Gasteiger partial charge in [-0.25, -0.2) is 4.99 Å². The van der Waals surface area contributed by atoms with Crippen LogP contribution in [0.15, 0.2) is 29.3 Å². The number of hydrogen-bond donors (Lipinski definition) is 2. The lowest BCUT2D eigenvalue weighted by Gasteiger charge is -2.14. The van der Waals surface area contributed by atoms with Gasteiger partial charge in [0.2, 0.25) is 0 Å². The summed E-state index contributed by atoms with van der Waals surface area (Å²) in [5, 5.41) is 6.69. The Balaban J connectivity index is 2.60. The molecule has 0 aliphatic carbocycles. The van der Waals surface area contributed by atoms with E-state index in [4.69, 9.17) is 4.74 Å². The molecule has 1 aromatic carbocycles. The average molecular weight is 335 g/mol. The van der Waals surface area contributed by atoms with E-state index in [1.807, 2.05) is 32.3 Å². The van der Waals surface area contributed by atoms with Gasteiger partial charge >= 0.3 is 0 Å². The fourth-order valence-corrected chi connectivity index (χ4v) is 2.20. The largest absolute Gasteiger partial charge is 0.492 e. The predicted molar refractivity (Wildman–Crippen MR) is 103 cm³/mol. The summed E-state index contributed by atoms with van der Waals surface area (Å²) in [7, 11) is 4.10. The lowest BCUT2D eigenvalue weighted by Crippen LogP contribution is -2.37. The highest BCUT2D eigenvalue weighted by Gasteiger charge is 2.04. The molecule has 0 spiro atoms. The first-order valence-corrected chi connectivity index (χ1v) is 9.05. The Kier molecular flexibility index (Phi) is 10.7. The van der Waals surface area contributed by atoms with Crippen LogP contribution in [-0.2, 0) is 6.54 Å². The number of para-hydroxylation sites is 1. The Hall–Kier alpha value is -1.75. The van der Waals surface area contributed by atoms with E-state index >= 15 is 0 Å². The summed E-state index contributed by atoms with van der Waals surface area (Å²) >= 11 is 0. The average Bonchev–Trinajstić information content (AvgIpc) is 2.57. The van der Waals surface area contributed by atoms with Crippen molar-refractivity contribution in [3.63, 3.8) is 0 Å². The predicted octanol–water partition coefficient (Wildman–Crippen LogP) is 2.87. The van der Waals surface area contributed by atoms with Crippen LogP contribution >= 0.6 is 0 Å². The van der Waals surface area contributed by atoms with Crippen LogP contribution in [0.5, 0.6) is 5.75 Å². The lowest BCUT2D eigenvalue weighted by atomic mass is 10.2. The van der Waals surface area contributed by atoms with Crippen molar-refractivity contribution in [1.29, 1.82) is 0 Å². The molecule has 0 aliphatic heterocycles. The zero-order valence-electron chi connectivity index (χ0n) is 15.8. The lowest BCUT2D eigenvalue weighted by molar-refractivity contribution is 0.259. The minimum atomic E-state index is 0.612. The summed E-state index contributed by atoms with van der Waals surface area (Å²) in [6.45, 7) is 8.32. The smallest absolute Gasteiger partial charge is 0.191 e. The number of rotatable bonds is 11. The third-order valence-electron chi connectivity index (χ3n) is 3.59. The summed E-state index contributed by atoms with van der Waals surface area (Å²) in [5.41, 5.74) is 1.11. The Morgan fingerprint density at radius 3 is 2.62 bits per heavy atom. The van der Waals surface area contributed by atoms with Crippen LogP contribution < -0.4 is 15.4 Å². The van der Waals surface area contributed by atoms with Crippen LogP contribution in [0, 0.1) is 0 Å². The molecule has 0 unspecified atom stereocenters. The second kappa shape index (κ2) is 12.6. The quantitative estimate of drug-likeness (QED) is 0.371. The zero-order valence-corrected chi connectivity index (χ0v) is 15.8. The molecular formula is C19H34N4O. The Morgan fingerprint density at radius 2 is 1.92 bits per heavy atom. The van der Waals surface area contributed by atoms with E-state index in [1.54, 1.807) is 0 Å². The van der Waals surface area contributed by atoms with Gasteiger partial charge in [-0.2, -0.15) is 0 Å². The second-order valence-electron chi connectivity index (χ2n) is 6.09. The number of nitrogens with one attached hydrogen (secondary N) is 2. The first-order chi connectivity index (χ1) is 11.7. The van der Waals surface area contributed by atoms with E-state index in [9.17, 15) is 0 Å². The van der Waals surface area contributed by atoms with Crippen molar-refractivity contribution in [1.82, 2.24) is 15.5 Å². The van der Waals surface area contributed by atoms with Crippen LogP contribution in [-0.4, -0.2) is 51.2 Å². The van der Waals surface area contributed by atoms with Crippen LogP contribution in [0.25, 0.3) is 0 Å². The topological polar surface area (TPSA) is 48.9 Å². The Morgan fingerprint density at radius 1 is 1.12 bits per heavy atom. The molecule has 0 aliphatic rings. The fraction of sp³-hybridized carbons (Fsp3) is 0.632. The molecule has 0 bridgehead atoms. The molecular weight excluding hydrogens is 300 g/mol. The van der Waals surface area contributed by atoms with Gasteiger partial charge in [0.25, 0.3) is 0 Å². The van der Waals surface area contributed by atoms with Crippen molar-refractivity contribution in [2.24, 2.45) is 4.99 Å². The van der Waals surface area contributed by atoms with E-state index in [1.165, 1.54) is 19.3 Å². The van der Waals surface area contributed by atoms with Crippen molar-refractivity contribution in [3.05, 3.63) is 29.8 Å². The molecule has 1 rings (SSSR count).